The maximum Gasteiger partial charge on any atom is 0.223 e. The third-order valence-electron chi connectivity index (χ3n) is 5.56. The van der Waals surface area contributed by atoms with Gasteiger partial charge in [0.1, 0.15) is 0 Å². The summed E-state index contributed by atoms with van der Waals surface area (Å²) in [5, 5.41) is 0. The summed E-state index contributed by atoms with van der Waals surface area (Å²) < 4.78 is 0. The molecule has 0 saturated carbocycles. The Kier molecular flexibility index (Phi) is 3.68. The maximum absolute atomic E-state index is 12.7. The van der Waals surface area contributed by atoms with Gasteiger partial charge in [0.25, 0.3) is 0 Å². The number of hydrogen-bond acceptors (Lipinski definition) is 1. The molecule has 1 amide bonds. The Labute approximate surface area is 138 Å². The zero-order valence-electron chi connectivity index (χ0n) is 13.7. The highest BCUT2D eigenvalue weighted by Gasteiger charge is 2.33. The first-order valence-electron chi connectivity index (χ1n) is 8.71. The molecule has 0 N–H and O–H groups in total. The van der Waals surface area contributed by atoms with Crippen LogP contribution >= 0.6 is 0 Å². The van der Waals surface area contributed by atoms with Crippen molar-refractivity contribution in [2.45, 2.75) is 38.0 Å². The molecule has 118 valence electrons. The van der Waals surface area contributed by atoms with Gasteiger partial charge in [0.2, 0.25) is 5.91 Å². The molecule has 0 spiro atoms. The molecular formula is C21H23NO. The fourth-order valence-corrected chi connectivity index (χ4v) is 4.26. The van der Waals surface area contributed by atoms with Crippen molar-refractivity contribution in [1.82, 2.24) is 4.90 Å². The summed E-state index contributed by atoms with van der Waals surface area (Å²) in [6.07, 6.45) is 2.95. The minimum Gasteiger partial charge on any atom is -0.343 e. The van der Waals surface area contributed by atoms with E-state index in [4.69, 9.17) is 0 Å². The summed E-state index contributed by atoms with van der Waals surface area (Å²) in [6.45, 7) is 4.16. The summed E-state index contributed by atoms with van der Waals surface area (Å²) in [6, 6.07) is 17.3. The van der Waals surface area contributed by atoms with Crippen LogP contribution in [0.1, 0.15) is 49.1 Å². The first-order chi connectivity index (χ1) is 11.3. The van der Waals surface area contributed by atoms with Crippen molar-refractivity contribution >= 4 is 5.91 Å². The quantitative estimate of drug-likeness (QED) is 0.796. The van der Waals surface area contributed by atoms with Crippen molar-refractivity contribution in [3.63, 3.8) is 0 Å². The molecule has 0 aromatic heterocycles. The van der Waals surface area contributed by atoms with Gasteiger partial charge < -0.3 is 4.90 Å². The van der Waals surface area contributed by atoms with Gasteiger partial charge in [-0.15, -0.1) is 0 Å². The van der Waals surface area contributed by atoms with Crippen LogP contribution in [0.3, 0.4) is 0 Å². The maximum atomic E-state index is 12.7. The molecule has 1 aliphatic carbocycles. The molecule has 2 aromatic rings. The zero-order valence-corrected chi connectivity index (χ0v) is 13.7. The van der Waals surface area contributed by atoms with Gasteiger partial charge in [0.15, 0.2) is 0 Å². The summed E-state index contributed by atoms with van der Waals surface area (Å²) in [7, 11) is 0. The van der Waals surface area contributed by atoms with Crippen LogP contribution in [0.4, 0.5) is 0 Å². The molecule has 23 heavy (non-hydrogen) atoms. The van der Waals surface area contributed by atoms with E-state index in [1.807, 2.05) is 0 Å². The summed E-state index contributed by atoms with van der Waals surface area (Å²) >= 11 is 0. The Morgan fingerprint density at radius 3 is 2.22 bits per heavy atom. The Morgan fingerprint density at radius 1 is 0.957 bits per heavy atom. The third kappa shape index (κ3) is 2.46. The molecule has 1 heterocycles. The first-order valence-corrected chi connectivity index (χ1v) is 8.71. The number of likely N-dealkylation sites (tertiary alicyclic amines) is 1. The van der Waals surface area contributed by atoms with Crippen LogP contribution in [0.5, 0.6) is 0 Å². The average Bonchev–Trinajstić information content (AvgIpc) is 3.13. The fourth-order valence-electron chi connectivity index (χ4n) is 4.26. The smallest absolute Gasteiger partial charge is 0.223 e. The molecule has 1 saturated heterocycles. The molecule has 0 bridgehead atoms. The molecule has 1 aliphatic heterocycles. The lowest BCUT2D eigenvalue weighted by molar-refractivity contribution is -0.130. The predicted octanol–water partition coefficient (Wildman–Crippen LogP) is 4.57. The molecule has 4 rings (SSSR count). The Hall–Kier alpha value is -2.09. The molecule has 0 radical (unpaired) electrons. The van der Waals surface area contributed by atoms with Crippen molar-refractivity contribution < 1.29 is 4.79 Å². The van der Waals surface area contributed by atoms with Crippen LogP contribution in [0.2, 0.25) is 0 Å². The van der Waals surface area contributed by atoms with Gasteiger partial charge >= 0.3 is 0 Å². The SMILES string of the molecule is CC1c2ccccc2-c2ccccc2C1CC(=O)N1CCCC1. The van der Waals surface area contributed by atoms with Gasteiger partial charge in [0, 0.05) is 19.5 Å². The Balaban J connectivity index is 1.71. The van der Waals surface area contributed by atoms with Gasteiger partial charge in [0.05, 0.1) is 0 Å². The van der Waals surface area contributed by atoms with Gasteiger partial charge in [-0.1, -0.05) is 55.5 Å². The number of carbonyl (C=O) groups excluding carboxylic acids is 1. The van der Waals surface area contributed by atoms with Crippen LogP contribution in [-0.4, -0.2) is 23.9 Å². The van der Waals surface area contributed by atoms with Crippen molar-refractivity contribution in [3.8, 4) is 11.1 Å². The number of benzene rings is 2. The number of rotatable bonds is 2. The monoisotopic (exact) mass is 305 g/mol. The second-order valence-corrected chi connectivity index (χ2v) is 6.86. The molecule has 2 atom stereocenters. The van der Waals surface area contributed by atoms with E-state index < -0.39 is 0 Å². The molecular weight excluding hydrogens is 282 g/mol. The van der Waals surface area contributed by atoms with Gasteiger partial charge in [-0.2, -0.15) is 0 Å². The van der Waals surface area contributed by atoms with Gasteiger partial charge in [-0.25, -0.2) is 0 Å². The molecule has 2 aromatic carbocycles. The van der Waals surface area contributed by atoms with E-state index in [2.05, 4.69) is 60.4 Å². The highest BCUT2D eigenvalue weighted by atomic mass is 16.2. The normalized spacial score (nSPS) is 22.6. The van der Waals surface area contributed by atoms with Crippen molar-refractivity contribution in [1.29, 1.82) is 0 Å². The van der Waals surface area contributed by atoms with Crippen molar-refractivity contribution in [2.24, 2.45) is 0 Å². The van der Waals surface area contributed by atoms with Crippen LogP contribution in [0.15, 0.2) is 48.5 Å². The van der Waals surface area contributed by atoms with E-state index in [0.717, 1.165) is 25.9 Å². The summed E-state index contributed by atoms with van der Waals surface area (Å²) in [4.78, 5) is 14.8. The topological polar surface area (TPSA) is 20.3 Å². The fraction of sp³-hybridized carbons (Fsp3) is 0.381. The molecule has 1 fully saturated rings. The lowest BCUT2D eigenvalue weighted by Gasteiger charge is -2.34. The van der Waals surface area contributed by atoms with Crippen LogP contribution in [0, 0.1) is 0 Å². The van der Waals surface area contributed by atoms with E-state index in [-0.39, 0.29) is 5.92 Å². The lowest BCUT2D eigenvalue weighted by atomic mass is 9.71. The zero-order chi connectivity index (χ0) is 15.8. The highest BCUT2D eigenvalue weighted by molar-refractivity contribution is 5.81. The second kappa shape index (κ2) is 5.84. The average molecular weight is 305 g/mol. The third-order valence-corrected chi connectivity index (χ3v) is 5.56. The number of nitrogens with zero attached hydrogens (tertiary/aromatic N) is 1. The van der Waals surface area contributed by atoms with Crippen molar-refractivity contribution in [3.05, 3.63) is 59.7 Å². The Bertz CT molecular complexity index is 730. The summed E-state index contributed by atoms with van der Waals surface area (Å²) in [5.41, 5.74) is 5.36. The summed E-state index contributed by atoms with van der Waals surface area (Å²) in [5.74, 6) is 0.996. The number of hydrogen-bond donors (Lipinski definition) is 0. The number of carbonyl (C=O) groups is 1. The number of fused-ring (bicyclic) bond motifs is 3. The van der Waals surface area contributed by atoms with E-state index in [9.17, 15) is 4.79 Å². The first kappa shape index (κ1) is 14.5. The molecule has 2 unspecified atom stereocenters. The van der Waals surface area contributed by atoms with Crippen molar-refractivity contribution in [2.75, 3.05) is 13.1 Å². The highest BCUT2D eigenvalue weighted by Crippen LogP contribution is 2.48. The minimum absolute atomic E-state index is 0.286. The standard InChI is InChI=1S/C21H23NO/c1-15-16-8-2-3-9-17(16)18-10-4-5-11-19(18)20(15)14-21(23)22-12-6-7-13-22/h2-5,8-11,15,20H,6-7,12-14H2,1H3. The van der Waals surface area contributed by atoms with Gasteiger partial charge in [-0.05, 0) is 46.9 Å². The van der Waals surface area contributed by atoms with Crippen LogP contribution in [0.25, 0.3) is 11.1 Å². The largest absolute Gasteiger partial charge is 0.343 e. The lowest BCUT2D eigenvalue weighted by Crippen LogP contribution is -2.30. The van der Waals surface area contributed by atoms with Crippen LogP contribution < -0.4 is 0 Å². The predicted molar refractivity (Wildman–Crippen MR) is 93.5 cm³/mol. The van der Waals surface area contributed by atoms with Gasteiger partial charge in [-0.3, -0.25) is 4.79 Å². The van der Waals surface area contributed by atoms with Crippen LogP contribution in [-0.2, 0) is 4.79 Å². The second-order valence-electron chi connectivity index (χ2n) is 6.86. The molecule has 2 heteroatoms. The van der Waals surface area contributed by atoms with E-state index in [1.165, 1.54) is 22.3 Å². The Morgan fingerprint density at radius 2 is 1.52 bits per heavy atom. The molecule has 2 nitrogen and oxygen atoms in total. The van der Waals surface area contributed by atoms with E-state index >= 15 is 0 Å². The molecule has 2 aliphatic rings. The minimum atomic E-state index is 0.286. The van der Waals surface area contributed by atoms with E-state index in [1.54, 1.807) is 0 Å². The number of amides is 1. The van der Waals surface area contributed by atoms with E-state index in [0.29, 0.717) is 18.2 Å².